The van der Waals surface area contributed by atoms with E-state index < -0.39 is 15.8 Å². The number of nitrogens with one attached hydrogen (secondary N) is 1. The average molecular weight is 438 g/mol. The minimum atomic E-state index is -3.54. The molecule has 0 aliphatic carbocycles. The maximum atomic E-state index is 12.3. The third-order valence-electron chi connectivity index (χ3n) is 4.60. The quantitative estimate of drug-likeness (QED) is 0.535. The predicted molar refractivity (Wildman–Crippen MR) is 118 cm³/mol. The van der Waals surface area contributed by atoms with Crippen LogP contribution in [0.1, 0.15) is 27.9 Å². The molecule has 0 radical (unpaired) electrons. The number of ether oxygens (including phenoxy) is 1. The Kier molecular flexibility index (Phi) is 7.20. The Morgan fingerprint density at radius 3 is 2.16 bits per heavy atom. The van der Waals surface area contributed by atoms with E-state index in [9.17, 15) is 18.0 Å². The molecule has 31 heavy (non-hydrogen) atoms. The maximum Gasteiger partial charge on any atom is 0.307 e. The van der Waals surface area contributed by atoms with Crippen molar-refractivity contribution in [3.05, 3.63) is 95.6 Å². The second-order valence-electron chi connectivity index (χ2n) is 7.06. The number of anilines is 1. The summed E-state index contributed by atoms with van der Waals surface area (Å²) in [6, 6.07) is 22.3. The smallest absolute Gasteiger partial charge is 0.307 e. The number of sulfone groups is 1. The SMILES string of the molecule is Cc1ccc(S(=O)(=O)CCC(=O)OCc2ccc(C(=O)Nc3ccccc3)cc2)cc1. The zero-order valence-corrected chi connectivity index (χ0v) is 17.9. The highest BCUT2D eigenvalue weighted by Crippen LogP contribution is 2.14. The lowest BCUT2D eigenvalue weighted by Crippen LogP contribution is -2.14. The van der Waals surface area contributed by atoms with E-state index in [2.05, 4.69) is 5.32 Å². The largest absolute Gasteiger partial charge is 0.461 e. The van der Waals surface area contributed by atoms with Gasteiger partial charge in [0.1, 0.15) is 6.61 Å². The van der Waals surface area contributed by atoms with E-state index in [0.29, 0.717) is 16.8 Å². The van der Waals surface area contributed by atoms with Crippen LogP contribution in [0.3, 0.4) is 0 Å². The number of aryl methyl sites for hydroxylation is 1. The van der Waals surface area contributed by atoms with Gasteiger partial charge in [0, 0.05) is 11.3 Å². The molecule has 3 aromatic rings. The van der Waals surface area contributed by atoms with Crippen molar-refractivity contribution in [3.63, 3.8) is 0 Å². The number of hydrogen-bond donors (Lipinski definition) is 1. The molecule has 1 amide bonds. The number of carbonyl (C=O) groups excluding carboxylic acids is 2. The molecule has 3 aromatic carbocycles. The van der Waals surface area contributed by atoms with Crippen LogP contribution < -0.4 is 5.32 Å². The standard InChI is InChI=1S/C24H23NO5S/c1-18-7-13-22(14-8-18)31(28,29)16-15-23(26)30-17-19-9-11-20(12-10-19)24(27)25-21-5-3-2-4-6-21/h2-14H,15-17H2,1H3,(H,25,27). The first kappa shape index (κ1) is 22.2. The highest BCUT2D eigenvalue weighted by Gasteiger charge is 2.17. The van der Waals surface area contributed by atoms with Crippen LogP contribution in [-0.2, 0) is 26.0 Å². The minimum Gasteiger partial charge on any atom is -0.461 e. The van der Waals surface area contributed by atoms with E-state index in [1.54, 1.807) is 48.5 Å². The van der Waals surface area contributed by atoms with Gasteiger partial charge in [-0.25, -0.2) is 8.42 Å². The van der Waals surface area contributed by atoms with Gasteiger partial charge in [-0.3, -0.25) is 9.59 Å². The number of esters is 1. The number of amides is 1. The molecule has 0 atom stereocenters. The Labute approximate surface area is 181 Å². The molecule has 0 saturated carbocycles. The number of rotatable bonds is 8. The van der Waals surface area contributed by atoms with Gasteiger partial charge in [-0.2, -0.15) is 0 Å². The van der Waals surface area contributed by atoms with Gasteiger partial charge >= 0.3 is 5.97 Å². The van der Waals surface area contributed by atoms with Crippen LogP contribution in [0.15, 0.2) is 83.8 Å². The van der Waals surface area contributed by atoms with Crippen LogP contribution >= 0.6 is 0 Å². The van der Waals surface area contributed by atoms with Gasteiger partial charge in [0.25, 0.3) is 5.91 Å². The van der Waals surface area contributed by atoms with Crippen molar-refractivity contribution in [1.82, 2.24) is 0 Å². The highest BCUT2D eigenvalue weighted by atomic mass is 32.2. The number of benzene rings is 3. The lowest BCUT2D eigenvalue weighted by Gasteiger charge is -2.08. The van der Waals surface area contributed by atoms with Crippen molar-refractivity contribution in [2.45, 2.75) is 24.8 Å². The van der Waals surface area contributed by atoms with E-state index in [4.69, 9.17) is 4.74 Å². The Morgan fingerprint density at radius 2 is 1.52 bits per heavy atom. The van der Waals surface area contributed by atoms with E-state index in [0.717, 1.165) is 5.56 Å². The van der Waals surface area contributed by atoms with Crippen LogP contribution in [0.4, 0.5) is 5.69 Å². The topological polar surface area (TPSA) is 89.5 Å². The molecule has 7 heteroatoms. The molecule has 3 rings (SSSR count). The Balaban J connectivity index is 1.48. The normalized spacial score (nSPS) is 11.0. The lowest BCUT2D eigenvalue weighted by molar-refractivity contribution is -0.144. The van der Waals surface area contributed by atoms with Crippen LogP contribution in [0.5, 0.6) is 0 Å². The molecule has 1 N–H and O–H groups in total. The van der Waals surface area contributed by atoms with E-state index >= 15 is 0 Å². The fraction of sp³-hybridized carbons (Fsp3) is 0.167. The van der Waals surface area contributed by atoms with Crippen LogP contribution in [0.2, 0.25) is 0 Å². The van der Waals surface area contributed by atoms with Gasteiger partial charge in [0.2, 0.25) is 0 Å². The van der Waals surface area contributed by atoms with Gasteiger partial charge in [-0.15, -0.1) is 0 Å². The first-order valence-electron chi connectivity index (χ1n) is 9.74. The van der Waals surface area contributed by atoms with Crippen molar-refractivity contribution >= 4 is 27.4 Å². The lowest BCUT2D eigenvalue weighted by atomic mass is 10.1. The van der Waals surface area contributed by atoms with Gasteiger partial charge in [-0.05, 0) is 48.9 Å². The van der Waals surface area contributed by atoms with Gasteiger partial charge in [0.05, 0.1) is 17.1 Å². The Bertz CT molecular complexity index is 1140. The molecule has 0 spiro atoms. The highest BCUT2D eigenvalue weighted by molar-refractivity contribution is 7.91. The average Bonchev–Trinajstić information content (AvgIpc) is 2.77. The van der Waals surface area contributed by atoms with Crippen molar-refractivity contribution in [2.24, 2.45) is 0 Å². The van der Waals surface area contributed by atoms with Gasteiger partial charge in [0.15, 0.2) is 9.84 Å². The molecule has 160 valence electrons. The number of hydrogen-bond acceptors (Lipinski definition) is 5. The second-order valence-corrected chi connectivity index (χ2v) is 9.17. The molecule has 0 unspecified atom stereocenters. The van der Waals surface area contributed by atoms with Crippen LogP contribution in [0.25, 0.3) is 0 Å². The van der Waals surface area contributed by atoms with E-state index in [1.165, 1.54) is 12.1 Å². The molecule has 6 nitrogen and oxygen atoms in total. The molecule has 0 heterocycles. The van der Waals surface area contributed by atoms with Crippen molar-refractivity contribution in [2.75, 3.05) is 11.1 Å². The first-order valence-corrected chi connectivity index (χ1v) is 11.4. The van der Waals surface area contributed by atoms with E-state index in [-0.39, 0.29) is 29.6 Å². The van der Waals surface area contributed by atoms with E-state index in [1.807, 2.05) is 25.1 Å². The molecular weight excluding hydrogens is 414 g/mol. The molecule has 0 bridgehead atoms. The fourth-order valence-corrected chi connectivity index (χ4v) is 4.02. The van der Waals surface area contributed by atoms with Crippen LogP contribution in [0, 0.1) is 6.92 Å². The number of para-hydroxylation sites is 1. The molecule has 0 fully saturated rings. The summed E-state index contributed by atoms with van der Waals surface area (Å²) in [6.45, 7) is 1.88. The van der Waals surface area contributed by atoms with Crippen molar-refractivity contribution in [1.29, 1.82) is 0 Å². The van der Waals surface area contributed by atoms with Gasteiger partial charge < -0.3 is 10.1 Å². The molecule has 0 aliphatic heterocycles. The van der Waals surface area contributed by atoms with Crippen molar-refractivity contribution in [3.8, 4) is 0 Å². The Morgan fingerprint density at radius 1 is 0.871 bits per heavy atom. The summed E-state index contributed by atoms with van der Waals surface area (Å²) in [4.78, 5) is 24.4. The first-order chi connectivity index (χ1) is 14.8. The minimum absolute atomic E-state index is 0.00397. The van der Waals surface area contributed by atoms with Gasteiger partial charge in [-0.1, -0.05) is 48.0 Å². The monoisotopic (exact) mass is 437 g/mol. The zero-order valence-electron chi connectivity index (χ0n) is 17.1. The summed E-state index contributed by atoms with van der Waals surface area (Å²) >= 11 is 0. The summed E-state index contributed by atoms with van der Waals surface area (Å²) in [5, 5.41) is 2.79. The fourth-order valence-electron chi connectivity index (χ4n) is 2.79. The number of carbonyl (C=O) groups is 2. The molecule has 0 aromatic heterocycles. The summed E-state index contributed by atoms with van der Waals surface area (Å²) in [5.41, 5.74) is 2.84. The second kappa shape index (κ2) is 10.0. The molecule has 0 aliphatic rings. The zero-order chi connectivity index (χ0) is 22.3. The third-order valence-corrected chi connectivity index (χ3v) is 6.33. The summed E-state index contributed by atoms with van der Waals surface area (Å²) in [7, 11) is -3.54. The third kappa shape index (κ3) is 6.52. The Hall–Kier alpha value is -3.45. The maximum absolute atomic E-state index is 12.3. The van der Waals surface area contributed by atoms with Crippen LogP contribution in [-0.4, -0.2) is 26.0 Å². The summed E-state index contributed by atoms with van der Waals surface area (Å²) in [5.74, 6) is -1.15. The van der Waals surface area contributed by atoms with Crippen molar-refractivity contribution < 1.29 is 22.7 Å². The summed E-state index contributed by atoms with van der Waals surface area (Å²) in [6.07, 6.45) is -0.228. The molecule has 0 saturated heterocycles. The molecular formula is C24H23NO5S. The summed E-state index contributed by atoms with van der Waals surface area (Å²) < 4.78 is 29.8. The predicted octanol–water partition coefficient (Wildman–Crippen LogP) is 4.15.